The van der Waals surface area contributed by atoms with Gasteiger partial charge in [0.15, 0.2) is 0 Å². The standard InChI is InChI=1S/C37H40N2O11/c1-23-22-39(36(45)38-35(23)44)30-21-29(49-32(42)18-17-31(41)48-20-19-40)33(50-30)34(43)37(24-7-5-4-6-8-24,25-9-13-27(46-2)14-10-25)26-11-15-28(47-3)16-12-26/h4-16,22,29-30,33-34,40,43H,17-21H2,1-3H3,(H,38,44,45)/t29-,30-,33+,34?/m1/s1. The SMILES string of the molecule is COc1ccc(C(c2ccccc2)(c2ccc(OC)cc2)C(O)[C@H]2O[C@@H](n3cc(C)c(=O)[nH]c3=O)C[C@H]2OC(=O)CCC(=O)OCCO)cc1. The van der Waals surface area contributed by atoms with Crippen molar-refractivity contribution in [1.29, 1.82) is 0 Å². The van der Waals surface area contributed by atoms with Crippen LogP contribution in [0, 0.1) is 6.92 Å². The topological polar surface area (TPSA) is 176 Å². The molecule has 4 atom stereocenters. The van der Waals surface area contributed by atoms with E-state index in [9.17, 15) is 24.3 Å². The highest BCUT2D eigenvalue weighted by molar-refractivity contribution is 5.77. The molecule has 1 aliphatic heterocycles. The van der Waals surface area contributed by atoms with Crippen molar-refractivity contribution >= 4 is 11.9 Å². The van der Waals surface area contributed by atoms with Crippen LogP contribution in [0.1, 0.15) is 47.7 Å². The van der Waals surface area contributed by atoms with E-state index in [1.807, 2.05) is 54.6 Å². The summed E-state index contributed by atoms with van der Waals surface area (Å²) in [5.41, 5.74) is -0.405. The molecule has 2 heterocycles. The van der Waals surface area contributed by atoms with Crippen molar-refractivity contribution in [3.63, 3.8) is 0 Å². The van der Waals surface area contributed by atoms with E-state index in [1.54, 1.807) is 38.5 Å². The number of rotatable bonds is 14. The predicted molar refractivity (Wildman–Crippen MR) is 180 cm³/mol. The molecule has 0 amide bonds. The van der Waals surface area contributed by atoms with Crippen LogP contribution in [0.4, 0.5) is 0 Å². The Morgan fingerprint density at radius 3 is 2.02 bits per heavy atom. The highest BCUT2D eigenvalue weighted by Crippen LogP contribution is 2.47. The number of esters is 2. The number of hydrogen-bond donors (Lipinski definition) is 3. The number of carbonyl (C=O) groups excluding carboxylic acids is 2. The zero-order chi connectivity index (χ0) is 35.8. The van der Waals surface area contributed by atoms with Gasteiger partial charge in [0, 0.05) is 18.2 Å². The van der Waals surface area contributed by atoms with Gasteiger partial charge in [-0.05, 0) is 47.9 Å². The van der Waals surface area contributed by atoms with Gasteiger partial charge < -0.3 is 33.9 Å². The molecule has 13 nitrogen and oxygen atoms in total. The van der Waals surface area contributed by atoms with E-state index < -0.39 is 53.1 Å². The quantitative estimate of drug-likeness (QED) is 0.131. The second-order valence-corrected chi connectivity index (χ2v) is 11.8. The highest BCUT2D eigenvalue weighted by atomic mass is 16.6. The van der Waals surface area contributed by atoms with Crippen LogP contribution < -0.4 is 20.7 Å². The van der Waals surface area contributed by atoms with E-state index in [-0.39, 0.29) is 38.0 Å². The van der Waals surface area contributed by atoms with E-state index in [0.717, 1.165) is 0 Å². The lowest BCUT2D eigenvalue weighted by molar-refractivity contribution is -0.160. The highest BCUT2D eigenvalue weighted by Gasteiger charge is 2.53. The van der Waals surface area contributed by atoms with Crippen molar-refractivity contribution in [3.05, 3.63) is 128 Å². The number of aliphatic hydroxyl groups excluding tert-OH is 2. The average molecular weight is 689 g/mol. The van der Waals surface area contributed by atoms with Crippen molar-refractivity contribution in [2.24, 2.45) is 0 Å². The Morgan fingerprint density at radius 1 is 0.900 bits per heavy atom. The Hall–Kier alpha value is -5.24. The summed E-state index contributed by atoms with van der Waals surface area (Å²) < 4.78 is 29.3. The molecule has 1 saturated heterocycles. The molecule has 0 spiro atoms. The largest absolute Gasteiger partial charge is 0.497 e. The number of nitrogens with one attached hydrogen (secondary N) is 1. The number of benzene rings is 3. The van der Waals surface area contributed by atoms with E-state index in [1.165, 1.54) is 17.7 Å². The Kier molecular flexibility index (Phi) is 11.5. The minimum atomic E-state index is -1.47. The molecule has 1 unspecified atom stereocenters. The number of methoxy groups -OCH3 is 2. The minimum Gasteiger partial charge on any atom is -0.497 e. The van der Waals surface area contributed by atoms with E-state index in [4.69, 9.17) is 28.8 Å². The molecule has 50 heavy (non-hydrogen) atoms. The molecule has 1 aromatic heterocycles. The van der Waals surface area contributed by atoms with Crippen molar-refractivity contribution < 1.29 is 43.5 Å². The minimum absolute atomic E-state index is 0.0656. The smallest absolute Gasteiger partial charge is 0.330 e. The van der Waals surface area contributed by atoms with Crippen molar-refractivity contribution in [3.8, 4) is 11.5 Å². The maximum absolute atomic E-state index is 13.2. The molecular formula is C37H40N2O11. The summed E-state index contributed by atoms with van der Waals surface area (Å²) in [6, 6.07) is 23.7. The van der Waals surface area contributed by atoms with Crippen LogP contribution in [-0.2, 0) is 29.2 Å². The fourth-order valence-electron chi connectivity index (χ4n) is 6.36. The van der Waals surface area contributed by atoms with E-state index in [2.05, 4.69) is 4.98 Å². The number of aliphatic hydroxyl groups is 2. The molecule has 4 aromatic rings. The Labute approximate surface area is 288 Å². The van der Waals surface area contributed by atoms with Crippen LogP contribution >= 0.6 is 0 Å². The first-order valence-corrected chi connectivity index (χ1v) is 16.1. The maximum Gasteiger partial charge on any atom is 0.330 e. The number of aromatic nitrogens is 2. The van der Waals surface area contributed by atoms with Crippen LogP contribution in [0.15, 0.2) is 94.6 Å². The third kappa shape index (κ3) is 7.49. The van der Waals surface area contributed by atoms with Crippen LogP contribution in [0.2, 0.25) is 0 Å². The van der Waals surface area contributed by atoms with Gasteiger partial charge in [-0.15, -0.1) is 0 Å². The molecule has 3 aromatic carbocycles. The molecule has 1 fully saturated rings. The summed E-state index contributed by atoms with van der Waals surface area (Å²) in [6.45, 7) is 0.981. The molecule has 264 valence electrons. The molecule has 0 radical (unpaired) electrons. The Bertz CT molecular complexity index is 1820. The lowest BCUT2D eigenvalue weighted by Crippen LogP contribution is -2.52. The molecule has 3 N–H and O–H groups in total. The first kappa shape index (κ1) is 36.1. The van der Waals surface area contributed by atoms with Crippen LogP contribution in [0.5, 0.6) is 11.5 Å². The lowest BCUT2D eigenvalue weighted by Gasteiger charge is -2.43. The van der Waals surface area contributed by atoms with Gasteiger partial charge in [0.1, 0.15) is 42.6 Å². The van der Waals surface area contributed by atoms with Gasteiger partial charge in [-0.1, -0.05) is 54.6 Å². The number of ether oxygens (including phenoxy) is 5. The summed E-state index contributed by atoms with van der Waals surface area (Å²) in [7, 11) is 3.10. The fraction of sp³-hybridized carbons (Fsp3) is 0.351. The second-order valence-electron chi connectivity index (χ2n) is 11.8. The number of hydrogen-bond acceptors (Lipinski definition) is 11. The summed E-state index contributed by atoms with van der Waals surface area (Å²) in [6.07, 6.45) is -4.23. The normalized spacial score (nSPS) is 17.9. The Balaban J connectivity index is 1.64. The number of H-pyrrole nitrogens is 1. The number of carbonyl (C=O) groups is 2. The van der Waals surface area contributed by atoms with Gasteiger partial charge >= 0.3 is 17.6 Å². The summed E-state index contributed by atoms with van der Waals surface area (Å²) >= 11 is 0. The van der Waals surface area contributed by atoms with E-state index in [0.29, 0.717) is 28.2 Å². The molecule has 0 bridgehead atoms. The monoisotopic (exact) mass is 688 g/mol. The van der Waals surface area contributed by atoms with E-state index >= 15 is 0 Å². The first-order valence-electron chi connectivity index (χ1n) is 16.1. The third-order valence-electron chi connectivity index (χ3n) is 8.82. The van der Waals surface area contributed by atoms with Crippen molar-refractivity contribution in [2.75, 3.05) is 27.4 Å². The van der Waals surface area contributed by atoms with Gasteiger partial charge in [0.2, 0.25) is 0 Å². The molecule has 13 heteroatoms. The van der Waals surface area contributed by atoms with Crippen molar-refractivity contribution in [1.82, 2.24) is 9.55 Å². The summed E-state index contributed by atoms with van der Waals surface area (Å²) in [4.78, 5) is 52.7. The molecular weight excluding hydrogens is 648 g/mol. The molecule has 5 rings (SSSR count). The van der Waals surface area contributed by atoms with Gasteiger partial charge in [0.25, 0.3) is 5.56 Å². The zero-order valence-corrected chi connectivity index (χ0v) is 27.9. The number of aryl methyl sites for hydroxylation is 1. The summed E-state index contributed by atoms with van der Waals surface area (Å²) in [5.74, 6) is -0.268. The van der Waals surface area contributed by atoms with Crippen LogP contribution in [0.3, 0.4) is 0 Å². The van der Waals surface area contributed by atoms with Crippen LogP contribution in [-0.4, -0.2) is 77.4 Å². The first-order chi connectivity index (χ1) is 24.1. The lowest BCUT2D eigenvalue weighted by atomic mass is 9.64. The van der Waals surface area contributed by atoms with Gasteiger partial charge in [-0.25, -0.2) is 4.79 Å². The maximum atomic E-state index is 13.2. The van der Waals surface area contributed by atoms with Gasteiger partial charge in [-0.3, -0.25) is 23.9 Å². The zero-order valence-electron chi connectivity index (χ0n) is 27.9. The fourth-order valence-corrected chi connectivity index (χ4v) is 6.36. The number of nitrogens with zero attached hydrogens (tertiary/aromatic N) is 1. The average Bonchev–Trinajstić information content (AvgIpc) is 3.55. The Morgan fingerprint density at radius 2 is 1.46 bits per heavy atom. The predicted octanol–water partition coefficient (Wildman–Crippen LogP) is 2.77. The molecule has 1 aliphatic rings. The second kappa shape index (κ2) is 16.0. The molecule has 0 aliphatic carbocycles. The molecule has 0 saturated carbocycles. The summed E-state index contributed by atoms with van der Waals surface area (Å²) in [5, 5.41) is 21.8. The van der Waals surface area contributed by atoms with Crippen LogP contribution in [0.25, 0.3) is 0 Å². The van der Waals surface area contributed by atoms with Gasteiger partial charge in [-0.2, -0.15) is 0 Å². The van der Waals surface area contributed by atoms with Crippen molar-refractivity contribution in [2.45, 2.75) is 56.1 Å². The third-order valence-corrected chi connectivity index (χ3v) is 8.82. The van der Waals surface area contributed by atoms with Gasteiger partial charge in [0.05, 0.1) is 39.1 Å². The number of aromatic amines is 1.